The SMILES string of the molecule is CCOc1ccc(-c2c(C(=O)NN=CC3CCCCC3)nnn2-c2nonc2N)cc1. The first-order valence-electron chi connectivity index (χ1n) is 10.3. The van der Waals surface area contributed by atoms with Crippen molar-refractivity contribution >= 4 is 17.9 Å². The Bertz CT molecular complexity index is 1050. The standard InChI is InChI=1S/C20H24N8O3/c1-2-30-15-10-8-14(9-11-15)17-16(23-27-28(17)19-18(21)25-31-26-19)20(29)24-22-12-13-6-4-3-5-7-13/h8-13H,2-7H2,1H3,(H2,21,25)(H,24,29). The van der Waals surface area contributed by atoms with E-state index in [1.165, 1.54) is 23.9 Å². The number of carbonyl (C=O) groups excluding carboxylic acids is 1. The lowest BCUT2D eigenvalue weighted by Gasteiger charge is -2.16. The van der Waals surface area contributed by atoms with Crippen molar-refractivity contribution < 1.29 is 14.2 Å². The van der Waals surface area contributed by atoms with Crippen LogP contribution >= 0.6 is 0 Å². The van der Waals surface area contributed by atoms with Gasteiger partial charge >= 0.3 is 0 Å². The number of ether oxygens (including phenoxy) is 1. The Morgan fingerprint density at radius 1 is 1.29 bits per heavy atom. The lowest BCUT2D eigenvalue weighted by atomic mass is 9.90. The molecule has 31 heavy (non-hydrogen) atoms. The fourth-order valence-electron chi connectivity index (χ4n) is 3.59. The molecule has 1 aromatic carbocycles. The van der Waals surface area contributed by atoms with Gasteiger partial charge in [-0.25, -0.2) is 10.1 Å². The molecule has 1 fully saturated rings. The molecule has 0 radical (unpaired) electrons. The van der Waals surface area contributed by atoms with Gasteiger partial charge in [0.15, 0.2) is 5.69 Å². The molecular formula is C20H24N8O3. The summed E-state index contributed by atoms with van der Waals surface area (Å²) < 4.78 is 11.5. The molecule has 162 valence electrons. The number of carbonyl (C=O) groups is 1. The third kappa shape index (κ3) is 4.55. The van der Waals surface area contributed by atoms with Crippen LogP contribution in [0.4, 0.5) is 5.82 Å². The molecule has 0 spiro atoms. The predicted molar refractivity (Wildman–Crippen MR) is 113 cm³/mol. The molecule has 1 aliphatic rings. The highest BCUT2D eigenvalue weighted by molar-refractivity contribution is 5.98. The Morgan fingerprint density at radius 3 is 2.74 bits per heavy atom. The molecule has 11 nitrogen and oxygen atoms in total. The van der Waals surface area contributed by atoms with Gasteiger partial charge in [0, 0.05) is 11.8 Å². The topological polar surface area (TPSA) is 146 Å². The minimum atomic E-state index is -0.489. The summed E-state index contributed by atoms with van der Waals surface area (Å²) in [5.74, 6) is 0.769. The first kappa shape index (κ1) is 20.5. The maximum Gasteiger partial charge on any atom is 0.294 e. The molecule has 1 saturated carbocycles. The number of rotatable bonds is 7. The third-order valence-electron chi connectivity index (χ3n) is 5.12. The Hall–Kier alpha value is -3.76. The normalized spacial score (nSPS) is 14.7. The van der Waals surface area contributed by atoms with Crippen LogP contribution in [0.1, 0.15) is 49.5 Å². The summed E-state index contributed by atoms with van der Waals surface area (Å²) in [5.41, 5.74) is 9.52. The van der Waals surface area contributed by atoms with Crippen molar-refractivity contribution in [3.05, 3.63) is 30.0 Å². The van der Waals surface area contributed by atoms with E-state index < -0.39 is 5.91 Å². The van der Waals surface area contributed by atoms with Crippen LogP contribution in [-0.2, 0) is 0 Å². The zero-order valence-electron chi connectivity index (χ0n) is 17.2. The molecule has 0 aliphatic heterocycles. The van der Waals surface area contributed by atoms with Gasteiger partial charge in [0.1, 0.15) is 11.4 Å². The molecule has 0 unspecified atom stereocenters. The highest BCUT2D eigenvalue weighted by Crippen LogP contribution is 2.28. The molecule has 3 N–H and O–H groups in total. The predicted octanol–water partition coefficient (Wildman–Crippen LogP) is 2.59. The van der Waals surface area contributed by atoms with Crippen LogP contribution in [-0.4, -0.2) is 44.0 Å². The van der Waals surface area contributed by atoms with Gasteiger partial charge in [-0.15, -0.1) is 5.10 Å². The molecule has 0 atom stereocenters. The van der Waals surface area contributed by atoms with Crippen LogP contribution in [0.15, 0.2) is 34.0 Å². The van der Waals surface area contributed by atoms with E-state index in [1.54, 1.807) is 30.5 Å². The highest BCUT2D eigenvalue weighted by Gasteiger charge is 2.25. The summed E-state index contributed by atoms with van der Waals surface area (Å²) in [7, 11) is 0. The van der Waals surface area contributed by atoms with E-state index >= 15 is 0 Å². The van der Waals surface area contributed by atoms with Gasteiger partial charge in [-0.1, -0.05) is 24.5 Å². The second-order valence-corrected chi connectivity index (χ2v) is 7.25. The number of hydrogen-bond acceptors (Lipinski definition) is 9. The third-order valence-corrected chi connectivity index (χ3v) is 5.12. The van der Waals surface area contributed by atoms with Crippen molar-refractivity contribution in [2.75, 3.05) is 12.3 Å². The van der Waals surface area contributed by atoms with E-state index in [-0.39, 0.29) is 17.3 Å². The van der Waals surface area contributed by atoms with Gasteiger partial charge < -0.3 is 10.5 Å². The Balaban J connectivity index is 1.64. The van der Waals surface area contributed by atoms with Gasteiger partial charge in [0.2, 0.25) is 11.6 Å². The van der Waals surface area contributed by atoms with Crippen molar-refractivity contribution in [2.45, 2.75) is 39.0 Å². The zero-order valence-corrected chi connectivity index (χ0v) is 17.2. The Labute approximate surface area is 178 Å². The lowest BCUT2D eigenvalue weighted by molar-refractivity contribution is 0.0950. The van der Waals surface area contributed by atoms with E-state index in [0.717, 1.165) is 12.8 Å². The van der Waals surface area contributed by atoms with Crippen molar-refractivity contribution in [1.82, 2.24) is 30.7 Å². The summed E-state index contributed by atoms with van der Waals surface area (Å²) in [5, 5.41) is 19.6. The van der Waals surface area contributed by atoms with Crippen LogP contribution in [0.25, 0.3) is 17.1 Å². The van der Waals surface area contributed by atoms with Gasteiger partial charge in [-0.05, 0) is 60.3 Å². The van der Waals surface area contributed by atoms with Crippen LogP contribution < -0.4 is 15.9 Å². The molecule has 4 rings (SSSR count). The van der Waals surface area contributed by atoms with Crippen LogP contribution in [0.5, 0.6) is 5.75 Å². The summed E-state index contributed by atoms with van der Waals surface area (Å²) >= 11 is 0. The molecule has 3 aromatic rings. The number of anilines is 1. The molecule has 2 aromatic heterocycles. The highest BCUT2D eigenvalue weighted by atomic mass is 16.6. The number of benzene rings is 1. The molecule has 1 amide bonds. The van der Waals surface area contributed by atoms with Crippen molar-refractivity contribution in [3.63, 3.8) is 0 Å². The van der Waals surface area contributed by atoms with Gasteiger partial charge in [-0.2, -0.15) is 9.78 Å². The van der Waals surface area contributed by atoms with Crippen LogP contribution in [0.2, 0.25) is 0 Å². The number of hydrogen-bond donors (Lipinski definition) is 2. The maximum absolute atomic E-state index is 12.9. The molecular weight excluding hydrogens is 400 g/mol. The second-order valence-electron chi connectivity index (χ2n) is 7.25. The largest absolute Gasteiger partial charge is 0.494 e. The van der Waals surface area contributed by atoms with E-state index in [9.17, 15) is 4.79 Å². The molecule has 2 heterocycles. The fourth-order valence-corrected chi connectivity index (χ4v) is 3.59. The minimum absolute atomic E-state index is 0.0272. The number of aromatic nitrogens is 5. The summed E-state index contributed by atoms with van der Waals surface area (Å²) in [6, 6.07) is 7.19. The van der Waals surface area contributed by atoms with Crippen LogP contribution in [0.3, 0.4) is 0 Å². The van der Waals surface area contributed by atoms with E-state index in [4.69, 9.17) is 10.5 Å². The van der Waals surface area contributed by atoms with Crippen molar-refractivity contribution in [1.29, 1.82) is 0 Å². The first-order valence-corrected chi connectivity index (χ1v) is 10.3. The van der Waals surface area contributed by atoms with Crippen molar-refractivity contribution in [3.8, 4) is 22.8 Å². The van der Waals surface area contributed by atoms with E-state index in [0.29, 0.717) is 29.5 Å². The number of nitrogens with zero attached hydrogens (tertiary/aromatic N) is 6. The minimum Gasteiger partial charge on any atom is -0.494 e. The lowest BCUT2D eigenvalue weighted by Crippen LogP contribution is -2.20. The van der Waals surface area contributed by atoms with E-state index in [1.807, 2.05) is 6.92 Å². The molecule has 11 heteroatoms. The second kappa shape index (κ2) is 9.37. The number of amides is 1. The molecule has 0 saturated heterocycles. The average molecular weight is 424 g/mol. The van der Waals surface area contributed by atoms with Crippen LogP contribution in [0, 0.1) is 5.92 Å². The average Bonchev–Trinajstić information content (AvgIpc) is 3.41. The van der Waals surface area contributed by atoms with Gasteiger partial charge in [0.25, 0.3) is 5.91 Å². The van der Waals surface area contributed by atoms with Gasteiger partial charge in [-0.3, -0.25) is 4.79 Å². The number of nitrogens with one attached hydrogen (secondary N) is 1. The number of nitrogens with two attached hydrogens (primary N) is 1. The molecule has 1 aliphatic carbocycles. The van der Waals surface area contributed by atoms with Crippen molar-refractivity contribution in [2.24, 2.45) is 11.0 Å². The Morgan fingerprint density at radius 2 is 2.06 bits per heavy atom. The number of nitrogen functional groups attached to an aromatic ring is 1. The number of hydrazone groups is 1. The zero-order chi connectivity index (χ0) is 21.6. The maximum atomic E-state index is 12.9. The first-order chi connectivity index (χ1) is 15.2. The quantitative estimate of drug-likeness (QED) is 0.434. The molecule has 0 bridgehead atoms. The summed E-state index contributed by atoms with van der Waals surface area (Å²) in [6.07, 6.45) is 7.61. The van der Waals surface area contributed by atoms with Gasteiger partial charge in [0.05, 0.1) is 6.61 Å². The Kier molecular flexibility index (Phi) is 6.20. The van der Waals surface area contributed by atoms with E-state index in [2.05, 4.69) is 35.8 Å². The fraction of sp³-hybridized carbons (Fsp3) is 0.400. The smallest absolute Gasteiger partial charge is 0.294 e. The summed E-state index contributed by atoms with van der Waals surface area (Å²) in [4.78, 5) is 12.9. The summed E-state index contributed by atoms with van der Waals surface area (Å²) in [6.45, 7) is 2.45. The monoisotopic (exact) mass is 424 g/mol.